The number of nitrogens with zero attached hydrogens (tertiary/aromatic N) is 1. The molecule has 0 aliphatic carbocycles. The van der Waals surface area contributed by atoms with Gasteiger partial charge in [0.05, 0.1) is 6.54 Å². The first-order chi connectivity index (χ1) is 8.05. The van der Waals surface area contributed by atoms with E-state index in [1.807, 2.05) is 17.8 Å². The summed E-state index contributed by atoms with van der Waals surface area (Å²) in [5.41, 5.74) is 1.43. The molecule has 1 aliphatic rings. The lowest BCUT2D eigenvalue weighted by Gasteiger charge is -2.36. The summed E-state index contributed by atoms with van der Waals surface area (Å²) < 4.78 is 0. The summed E-state index contributed by atoms with van der Waals surface area (Å²) in [7, 11) is 0. The maximum Gasteiger partial charge on any atom is 0.157 e. The van der Waals surface area contributed by atoms with E-state index in [-0.39, 0.29) is 5.54 Å². The average Bonchev–Trinajstić information content (AvgIpc) is 2.25. The Kier molecular flexibility index (Phi) is 3.77. The number of nitrogens with one attached hydrogen (secondary N) is 1. The van der Waals surface area contributed by atoms with E-state index in [1.54, 1.807) is 0 Å². The van der Waals surface area contributed by atoms with Crippen molar-refractivity contribution >= 4 is 16.9 Å². The molecule has 1 atom stereocenters. The molecule has 0 spiro atoms. The Morgan fingerprint density at radius 2 is 2.06 bits per heavy atom. The van der Waals surface area contributed by atoms with Crippen LogP contribution in [-0.2, 0) is 6.54 Å². The molecule has 1 aromatic rings. The normalized spacial score (nSPS) is 25.6. The van der Waals surface area contributed by atoms with E-state index in [0.717, 1.165) is 11.7 Å². The third kappa shape index (κ3) is 3.77. The smallest absolute Gasteiger partial charge is 0.157 e. The number of hydrogen-bond acceptors (Lipinski definition) is 2. The number of benzene rings is 1. The molecule has 2 rings (SSSR count). The van der Waals surface area contributed by atoms with E-state index in [9.17, 15) is 0 Å². The van der Waals surface area contributed by atoms with Crippen molar-refractivity contribution in [2.24, 2.45) is 4.99 Å². The van der Waals surface area contributed by atoms with Gasteiger partial charge in [-0.1, -0.05) is 49.0 Å². The van der Waals surface area contributed by atoms with Gasteiger partial charge in [0.25, 0.3) is 0 Å². The van der Waals surface area contributed by atoms with Gasteiger partial charge in [-0.3, -0.25) is 4.99 Å². The molecular formula is C14H20N2S. The average molecular weight is 248 g/mol. The van der Waals surface area contributed by atoms with Gasteiger partial charge in [-0.2, -0.15) is 0 Å². The number of hydrogen-bond donors (Lipinski definition) is 1. The van der Waals surface area contributed by atoms with Gasteiger partial charge in [-0.25, -0.2) is 0 Å². The topological polar surface area (TPSA) is 24.4 Å². The fraction of sp³-hybridized carbons (Fsp3) is 0.500. The highest BCUT2D eigenvalue weighted by Gasteiger charge is 2.28. The Morgan fingerprint density at radius 3 is 2.71 bits per heavy atom. The third-order valence-electron chi connectivity index (χ3n) is 2.80. The third-order valence-corrected chi connectivity index (χ3v) is 3.83. The molecule has 0 unspecified atom stereocenters. The second kappa shape index (κ2) is 5.13. The first-order valence-electron chi connectivity index (χ1n) is 6.08. The maximum atomic E-state index is 4.67. The van der Waals surface area contributed by atoms with E-state index in [2.05, 4.69) is 55.3 Å². The van der Waals surface area contributed by atoms with Crippen molar-refractivity contribution in [3.05, 3.63) is 35.9 Å². The lowest BCUT2D eigenvalue weighted by molar-refractivity contribution is 0.421. The predicted molar refractivity (Wildman–Crippen MR) is 76.5 cm³/mol. The first-order valence-corrected chi connectivity index (χ1v) is 6.96. The zero-order chi connectivity index (χ0) is 12.3. The number of thioether (sulfide) groups is 1. The van der Waals surface area contributed by atoms with Crippen molar-refractivity contribution in [3.8, 4) is 0 Å². The van der Waals surface area contributed by atoms with E-state index in [4.69, 9.17) is 0 Å². The molecule has 1 fully saturated rings. The largest absolute Gasteiger partial charge is 0.360 e. The standard InChI is InChI=1S/C14H20N2S/c1-11-9-14(2,3)16-13(17-11)15-10-12-7-5-4-6-8-12/h4-8,11H,9-10H2,1-3H3,(H,15,16)/t11-/m0/s1. The summed E-state index contributed by atoms with van der Waals surface area (Å²) in [5, 5.41) is 5.23. The van der Waals surface area contributed by atoms with Crippen LogP contribution in [0.5, 0.6) is 0 Å². The Labute approximate surface area is 108 Å². The summed E-state index contributed by atoms with van der Waals surface area (Å²) in [6.45, 7) is 7.51. The minimum atomic E-state index is 0.167. The molecule has 1 heterocycles. The SMILES string of the molecule is C[C@H]1CC(C)(C)NC(=NCc2ccccc2)S1. The molecule has 92 valence electrons. The van der Waals surface area contributed by atoms with Gasteiger partial charge in [-0.05, 0) is 25.8 Å². The summed E-state index contributed by atoms with van der Waals surface area (Å²) >= 11 is 1.85. The monoisotopic (exact) mass is 248 g/mol. The number of amidine groups is 1. The van der Waals surface area contributed by atoms with E-state index < -0.39 is 0 Å². The number of rotatable bonds is 2. The summed E-state index contributed by atoms with van der Waals surface area (Å²) in [6, 6.07) is 10.4. The van der Waals surface area contributed by atoms with Crippen LogP contribution < -0.4 is 5.32 Å². The van der Waals surface area contributed by atoms with Crippen LogP contribution >= 0.6 is 11.8 Å². The van der Waals surface area contributed by atoms with Gasteiger partial charge in [0.15, 0.2) is 5.17 Å². The highest BCUT2D eigenvalue weighted by Crippen LogP contribution is 2.28. The van der Waals surface area contributed by atoms with E-state index >= 15 is 0 Å². The van der Waals surface area contributed by atoms with Crippen LogP contribution in [0.3, 0.4) is 0 Å². The fourth-order valence-electron chi connectivity index (χ4n) is 2.14. The van der Waals surface area contributed by atoms with Crippen molar-refractivity contribution in [2.75, 3.05) is 0 Å². The molecule has 0 amide bonds. The van der Waals surface area contributed by atoms with E-state index in [0.29, 0.717) is 5.25 Å². The van der Waals surface area contributed by atoms with Gasteiger partial charge in [-0.15, -0.1) is 0 Å². The van der Waals surface area contributed by atoms with Crippen LogP contribution in [0.15, 0.2) is 35.3 Å². The number of aliphatic imine (C=N–C) groups is 1. The molecular weight excluding hydrogens is 228 g/mol. The Morgan fingerprint density at radius 1 is 1.35 bits per heavy atom. The second-order valence-corrected chi connectivity index (χ2v) is 6.68. The van der Waals surface area contributed by atoms with Crippen molar-refractivity contribution in [3.63, 3.8) is 0 Å². The first kappa shape index (κ1) is 12.5. The van der Waals surface area contributed by atoms with Crippen molar-refractivity contribution in [1.82, 2.24) is 5.32 Å². The van der Waals surface area contributed by atoms with Gasteiger partial charge >= 0.3 is 0 Å². The zero-order valence-electron chi connectivity index (χ0n) is 10.7. The van der Waals surface area contributed by atoms with Crippen LogP contribution in [0.1, 0.15) is 32.8 Å². The van der Waals surface area contributed by atoms with Crippen molar-refractivity contribution in [1.29, 1.82) is 0 Å². The Balaban J connectivity index is 2.02. The summed E-state index contributed by atoms with van der Waals surface area (Å²) in [5.74, 6) is 0. The molecule has 2 nitrogen and oxygen atoms in total. The van der Waals surface area contributed by atoms with E-state index in [1.165, 1.54) is 12.0 Å². The molecule has 1 aromatic carbocycles. The highest BCUT2D eigenvalue weighted by molar-refractivity contribution is 8.14. The van der Waals surface area contributed by atoms with Crippen LogP contribution in [0.25, 0.3) is 0 Å². The van der Waals surface area contributed by atoms with Crippen LogP contribution in [0.2, 0.25) is 0 Å². The van der Waals surface area contributed by atoms with Gasteiger partial charge in [0.1, 0.15) is 0 Å². The minimum absolute atomic E-state index is 0.167. The minimum Gasteiger partial charge on any atom is -0.360 e. The molecule has 17 heavy (non-hydrogen) atoms. The van der Waals surface area contributed by atoms with Gasteiger partial charge in [0.2, 0.25) is 0 Å². The quantitative estimate of drug-likeness (QED) is 0.867. The van der Waals surface area contributed by atoms with Crippen molar-refractivity contribution in [2.45, 2.75) is 44.5 Å². The molecule has 0 saturated carbocycles. The molecule has 0 aromatic heterocycles. The highest BCUT2D eigenvalue weighted by atomic mass is 32.2. The fourth-order valence-corrected chi connectivity index (χ4v) is 3.50. The zero-order valence-corrected chi connectivity index (χ0v) is 11.6. The Bertz CT molecular complexity index is 398. The summed E-state index contributed by atoms with van der Waals surface area (Å²) in [4.78, 5) is 4.67. The molecule has 0 bridgehead atoms. The molecule has 1 saturated heterocycles. The van der Waals surface area contributed by atoms with Crippen LogP contribution in [0, 0.1) is 0 Å². The maximum absolute atomic E-state index is 4.67. The van der Waals surface area contributed by atoms with Crippen LogP contribution in [0.4, 0.5) is 0 Å². The van der Waals surface area contributed by atoms with Crippen LogP contribution in [-0.4, -0.2) is 16.0 Å². The molecule has 0 radical (unpaired) electrons. The predicted octanol–water partition coefficient (Wildman–Crippen LogP) is 3.44. The summed E-state index contributed by atoms with van der Waals surface area (Å²) in [6.07, 6.45) is 1.18. The van der Waals surface area contributed by atoms with Crippen molar-refractivity contribution < 1.29 is 0 Å². The van der Waals surface area contributed by atoms with Gasteiger partial charge < -0.3 is 5.32 Å². The Hall–Kier alpha value is -0.960. The molecule has 1 N–H and O–H groups in total. The lowest BCUT2D eigenvalue weighted by atomic mass is 9.99. The van der Waals surface area contributed by atoms with Gasteiger partial charge in [0, 0.05) is 10.8 Å². The molecule has 1 aliphatic heterocycles. The lowest BCUT2D eigenvalue weighted by Crippen LogP contribution is -2.48. The molecule has 3 heteroatoms. The second-order valence-electron chi connectivity index (χ2n) is 5.25.